The fraction of sp³-hybridized carbons (Fsp3) is 0.429. The summed E-state index contributed by atoms with van der Waals surface area (Å²) in [5.41, 5.74) is 4.07. The van der Waals surface area contributed by atoms with Gasteiger partial charge < -0.3 is 15.0 Å². The fourth-order valence-corrected chi connectivity index (χ4v) is 3.05. The van der Waals surface area contributed by atoms with Gasteiger partial charge in [0.2, 0.25) is 0 Å². The SMILES string of the molecule is COC(=O)c1c(C)[nH]c(-c2csc(NC3CC3)n2)c1C. The highest BCUT2D eigenvalue weighted by atomic mass is 32.1. The lowest BCUT2D eigenvalue weighted by Crippen LogP contribution is -2.03. The number of nitrogens with zero attached hydrogens (tertiary/aromatic N) is 1. The maximum absolute atomic E-state index is 11.8. The Morgan fingerprint density at radius 2 is 2.25 bits per heavy atom. The van der Waals surface area contributed by atoms with E-state index in [-0.39, 0.29) is 5.97 Å². The molecule has 1 fully saturated rings. The number of ether oxygens (including phenoxy) is 1. The molecule has 106 valence electrons. The van der Waals surface area contributed by atoms with Crippen LogP contribution in [0, 0.1) is 13.8 Å². The largest absolute Gasteiger partial charge is 0.465 e. The second-order valence-corrected chi connectivity index (χ2v) is 5.93. The van der Waals surface area contributed by atoms with E-state index in [1.807, 2.05) is 19.2 Å². The number of anilines is 1. The highest BCUT2D eigenvalue weighted by molar-refractivity contribution is 7.14. The molecule has 1 aliphatic rings. The molecule has 0 unspecified atom stereocenters. The minimum Gasteiger partial charge on any atom is -0.465 e. The molecule has 2 aromatic heterocycles. The number of H-pyrrole nitrogens is 1. The van der Waals surface area contributed by atoms with Crippen molar-refractivity contribution in [2.75, 3.05) is 12.4 Å². The molecule has 0 bridgehead atoms. The monoisotopic (exact) mass is 291 g/mol. The topological polar surface area (TPSA) is 67.0 Å². The molecular weight excluding hydrogens is 274 g/mol. The van der Waals surface area contributed by atoms with E-state index < -0.39 is 0 Å². The third-order valence-corrected chi connectivity index (χ3v) is 4.27. The summed E-state index contributed by atoms with van der Waals surface area (Å²) in [5, 5.41) is 6.33. The zero-order valence-electron chi connectivity index (χ0n) is 11.7. The molecule has 0 saturated heterocycles. The van der Waals surface area contributed by atoms with E-state index in [0.717, 1.165) is 27.8 Å². The zero-order valence-corrected chi connectivity index (χ0v) is 12.6. The molecular formula is C14H17N3O2S. The van der Waals surface area contributed by atoms with Crippen LogP contribution in [0.25, 0.3) is 11.4 Å². The highest BCUT2D eigenvalue weighted by Crippen LogP contribution is 2.32. The molecule has 0 aromatic carbocycles. The van der Waals surface area contributed by atoms with Gasteiger partial charge in [-0.15, -0.1) is 11.3 Å². The van der Waals surface area contributed by atoms with E-state index in [4.69, 9.17) is 4.74 Å². The standard InChI is InChI=1S/C14H17N3O2S/c1-7-11(13(18)19-3)8(2)15-12(7)10-6-20-14(17-10)16-9-4-5-9/h6,9,15H,4-5H2,1-3H3,(H,16,17). The average Bonchev–Trinajstić information content (AvgIpc) is 3.03. The first-order chi connectivity index (χ1) is 9.60. The van der Waals surface area contributed by atoms with Crippen molar-refractivity contribution in [2.24, 2.45) is 0 Å². The minimum absolute atomic E-state index is 0.311. The van der Waals surface area contributed by atoms with Crippen LogP contribution in [0.15, 0.2) is 5.38 Å². The second-order valence-electron chi connectivity index (χ2n) is 5.07. The van der Waals surface area contributed by atoms with Gasteiger partial charge in [-0.2, -0.15) is 0 Å². The predicted octanol–water partition coefficient (Wildman–Crippen LogP) is 3.12. The second kappa shape index (κ2) is 4.94. The Morgan fingerprint density at radius 3 is 2.90 bits per heavy atom. The van der Waals surface area contributed by atoms with Gasteiger partial charge >= 0.3 is 5.97 Å². The lowest BCUT2D eigenvalue weighted by Gasteiger charge is -1.99. The average molecular weight is 291 g/mol. The summed E-state index contributed by atoms with van der Waals surface area (Å²) in [4.78, 5) is 19.6. The van der Waals surface area contributed by atoms with Crippen LogP contribution in [0.2, 0.25) is 0 Å². The Kier molecular flexibility index (Phi) is 3.25. The molecule has 20 heavy (non-hydrogen) atoms. The summed E-state index contributed by atoms with van der Waals surface area (Å²) in [6, 6.07) is 0.589. The van der Waals surface area contributed by atoms with Crippen molar-refractivity contribution in [2.45, 2.75) is 32.7 Å². The molecule has 2 aromatic rings. The van der Waals surface area contributed by atoms with Crippen LogP contribution in [0.3, 0.4) is 0 Å². The summed E-state index contributed by atoms with van der Waals surface area (Å²) < 4.78 is 4.82. The molecule has 0 atom stereocenters. The van der Waals surface area contributed by atoms with Crippen molar-refractivity contribution >= 4 is 22.4 Å². The molecule has 0 amide bonds. The normalized spacial score (nSPS) is 14.3. The predicted molar refractivity (Wildman–Crippen MR) is 79.4 cm³/mol. The van der Waals surface area contributed by atoms with Crippen LogP contribution in [-0.2, 0) is 4.74 Å². The lowest BCUT2D eigenvalue weighted by atomic mass is 10.1. The van der Waals surface area contributed by atoms with Crippen LogP contribution < -0.4 is 5.32 Å². The van der Waals surface area contributed by atoms with Gasteiger partial charge in [-0.05, 0) is 32.3 Å². The summed E-state index contributed by atoms with van der Waals surface area (Å²) in [7, 11) is 1.40. The van der Waals surface area contributed by atoms with Crippen LogP contribution >= 0.6 is 11.3 Å². The first-order valence-electron chi connectivity index (χ1n) is 6.60. The van der Waals surface area contributed by atoms with E-state index in [1.165, 1.54) is 20.0 Å². The van der Waals surface area contributed by atoms with Gasteiger partial charge in [-0.3, -0.25) is 0 Å². The van der Waals surface area contributed by atoms with E-state index in [9.17, 15) is 4.79 Å². The molecule has 3 rings (SSSR count). The number of hydrogen-bond donors (Lipinski definition) is 2. The number of thiazole rings is 1. The minimum atomic E-state index is -0.311. The van der Waals surface area contributed by atoms with Crippen molar-refractivity contribution in [3.05, 3.63) is 22.2 Å². The smallest absolute Gasteiger partial charge is 0.339 e. The third-order valence-electron chi connectivity index (χ3n) is 3.49. The molecule has 5 nitrogen and oxygen atoms in total. The van der Waals surface area contributed by atoms with Gasteiger partial charge in [-0.1, -0.05) is 0 Å². The lowest BCUT2D eigenvalue weighted by molar-refractivity contribution is 0.0599. The van der Waals surface area contributed by atoms with E-state index in [1.54, 1.807) is 11.3 Å². The summed E-state index contributed by atoms with van der Waals surface area (Å²) in [6.45, 7) is 3.79. The van der Waals surface area contributed by atoms with Gasteiger partial charge in [0, 0.05) is 17.1 Å². The Bertz CT molecular complexity index is 655. The van der Waals surface area contributed by atoms with Crippen LogP contribution in [0.1, 0.15) is 34.5 Å². The van der Waals surface area contributed by atoms with Crippen molar-refractivity contribution in [1.82, 2.24) is 9.97 Å². The molecule has 6 heteroatoms. The van der Waals surface area contributed by atoms with Crippen LogP contribution in [-0.4, -0.2) is 29.1 Å². The zero-order chi connectivity index (χ0) is 14.3. The van der Waals surface area contributed by atoms with E-state index in [0.29, 0.717) is 11.6 Å². The number of rotatable bonds is 4. The van der Waals surface area contributed by atoms with Crippen molar-refractivity contribution in [3.8, 4) is 11.4 Å². The Balaban J connectivity index is 1.93. The van der Waals surface area contributed by atoms with Gasteiger partial charge in [-0.25, -0.2) is 9.78 Å². The molecule has 0 aliphatic heterocycles. The molecule has 0 radical (unpaired) electrons. The molecule has 0 spiro atoms. The van der Waals surface area contributed by atoms with Gasteiger partial charge in [0.05, 0.1) is 18.4 Å². The fourth-order valence-electron chi connectivity index (χ4n) is 2.27. The number of methoxy groups -OCH3 is 1. The molecule has 1 saturated carbocycles. The Hall–Kier alpha value is -1.82. The maximum Gasteiger partial charge on any atom is 0.339 e. The van der Waals surface area contributed by atoms with Crippen LogP contribution in [0.4, 0.5) is 5.13 Å². The first kappa shape index (κ1) is 13.2. The van der Waals surface area contributed by atoms with Crippen molar-refractivity contribution in [3.63, 3.8) is 0 Å². The van der Waals surface area contributed by atoms with Crippen molar-refractivity contribution in [1.29, 1.82) is 0 Å². The number of esters is 1. The number of aryl methyl sites for hydroxylation is 1. The van der Waals surface area contributed by atoms with E-state index >= 15 is 0 Å². The number of aromatic nitrogens is 2. The summed E-state index contributed by atoms with van der Waals surface area (Å²) in [5.74, 6) is -0.311. The molecule has 1 aliphatic carbocycles. The van der Waals surface area contributed by atoms with Crippen molar-refractivity contribution < 1.29 is 9.53 Å². The Morgan fingerprint density at radius 1 is 1.50 bits per heavy atom. The first-order valence-corrected chi connectivity index (χ1v) is 7.48. The summed E-state index contributed by atoms with van der Waals surface area (Å²) >= 11 is 1.59. The number of aromatic amines is 1. The van der Waals surface area contributed by atoms with E-state index in [2.05, 4.69) is 15.3 Å². The quantitative estimate of drug-likeness (QED) is 0.849. The van der Waals surface area contributed by atoms with Gasteiger partial charge in [0.15, 0.2) is 5.13 Å². The number of hydrogen-bond acceptors (Lipinski definition) is 5. The Labute approximate surface area is 121 Å². The maximum atomic E-state index is 11.8. The van der Waals surface area contributed by atoms with Gasteiger partial charge in [0.25, 0.3) is 0 Å². The third kappa shape index (κ3) is 2.31. The van der Waals surface area contributed by atoms with Gasteiger partial charge in [0.1, 0.15) is 5.69 Å². The molecule has 2 N–H and O–H groups in total. The highest BCUT2D eigenvalue weighted by Gasteiger charge is 2.24. The number of nitrogens with one attached hydrogen (secondary N) is 2. The number of carbonyl (C=O) groups is 1. The molecule has 2 heterocycles. The van der Waals surface area contributed by atoms with Crippen LogP contribution in [0.5, 0.6) is 0 Å². The number of carbonyl (C=O) groups excluding carboxylic acids is 1. The summed E-state index contributed by atoms with van der Waals surface area (Å²) in [6.07, 6.45) is 2.45.